The van der Waals surface area contributed by atoms with E-state index < -0.39 is 5.97 Å². The molecule has 1 aliphatic heterocycles. The Morgan fingerprint density at radius 3 is 2.64 bits per heavy atom. The first kappa shape index (κ1) is 14.9. The zero-order chi connectivity index (χ0) is 15.4. The summed E-state index contributed by atoms with van der Waals surface area (Å²) in [6, 6.07) is 12.6. The first-order chi connectivity index (χ1) is 10.8. The van der Waals surface area contributed by atoms with Gasteiger partial charge in [0.2, 0.25) is 5.76 Å². The number of rotatable bonds is 4. The van der Waals surface area contributed by atoms with Gasteiger partial charge in [0.25, 0.3) is 0 Å². The van der Waals surface area contributed by atoms with Gasteiger partial charge >= 0.3 is 5.97 Å². The molecule has 2 aromatic rings. The number of furan rings is 1. The molecule has 2 heterocycles. The SMILES string of the molecule is COC(=O)c1occc1CN1CCC(c2ccccc2)CC1. The van der Waals surface area contributed by atoms with Crippen LogP contribution in [0.4, 0.5) is 0 Å². The van der Waals surface area contributed by atoms with E-state index in [-0.39, 0.29) is 0 Å². The Bertz CT molecular complexity index is 612. The Balaban J connectivity index is 1.59. The van der Waals surface area contributed by atoms with Gasteiger partial charge < -0.3 is 9.15 Å². The van der Waals surface area contributed by atoms with Crippen LogP contribution in [0.3, 0.4) is 0 Å². The topological polar surface area (TPSA) is 42.7 Å². The van der Waals surface area contributed by atoms with Crippen molar-refractivity contribution in [2.45, 2.75) is 25.3 Å². The molecule has 116 valence electrons. The molecule has 1 saturated heterocycles. The molecule has 4 heteroatoms. The van der Waals surface area contributed by atoms with Crippen LogP contribution in [0.15, 0.2) is 47.1 Å². The fraction of sp³-hybridized carbons (Fsp3) is 0.389. The average Bonchev–Trinajstić information content (AvgIpc) is 3.04. The highest BCUT2D eigenvalue weighted by Gasteiger charge is 2.23. The molecule has 1 aliphatic rings. The molecule has 1 aromatic carbocycles. The van der Waals surface area contributed by atoms with Crippen molar-refractivity contribution >= 4 is 5.97 Å². The van der Waals surface area contributed by atoms with E-state index >= 15 is 0 Å². The molecular formula is C18H21NO3. The number of hydrogen-bond acceptors (Lipinski definition) is 4. The number of ether oxygens (including phenoxy) is 1. The quantitative estimate of drug-likeness (QED) is 0.811. The van der Waals surface area contributed by atoms with Crippen LogP contribution in [0.25, 0.3) is 0 Å². The maximum atomic E-state index is 11.6. The van der Waals surface area contributed by atoms with Gasteiger partial charge in [0.1, 0.15) is 0 Å². The van der Waals surface area contributed by atoms with Gasteiger partial charge in [-0.15, -0.1) is 0 Å². The first-order valence-corrected chi connectivity index (χ1v) is 7.70. The van der Waals surface area contributed by atoms with Crippen molar-refractivity contribution in [1.82, 2.24) is 4.90 Å². The number of piperidine rings is 1. The summed E-state index contributed by atoms with van der Waals surface area (Å²) < 4.78 is 10.00. The average molecular weight is 299 g/mol. The predicted octanol–water partition coefficient (Wildman–Crippen LogP) is 3.45. The van der Waals surface area contributed by atoms with Crippen molar-refractivity contribution in [3.63, 3.8) is 0 Å². The monoisotopic (exact) mass is 299 g/mol. The molecule has 0 unspecified atom stereocenters. The summed E-state index contributed by atoms with van der Waals surface area (Å²) in [5.74, 6) is 0.564. The molecule has 0 radical (unpaired) electrons. The third kappa shape index (κ3) is 3.22. The number of hydrogen-bond donors (Lipinski definition) is 0. The van der Waals surface area contributed by atoms with E-state index in [0.29, 0.717) is 11.7 Å². The normalized spacial score (nSPS) is 16.6. The minimum absolute atomic E-state index is 0.327. The van der Waals surface area contributed by atoms with Crippen molar-refractivity contribution in [3.05, 3.63) is 59.5 Å². The lowest BCUT2D eigenvalue weighted by Gasteiger charge is -2.32. The van der Waals surface area contributed by atoms with Crippen LogP contribution in [-0.4, -0.2) is 31.1 Å². The summed E-state index contributed by atoms with van der Waals surface area (Å²) in [5.41, 5.74) is 2.34. The Morgan fingerprint density at radius 2 is 1.95 bits per heavy atom. The number of nitrogens with zero attached hydrogens (tertiary/aromatic N) is 1. The number of benzene rings is 1. The summed E-state index contributed by atoms with van der Waals surface area (Å²) in [6.45, 7) is 2.80. The summed E-state index contributed by atoms with van der Waals surface area (Å²) >= 11 is 0. The van der Waals surface area contributed by atoms with Crippen LogP contribution < -0.4 is 0 Å². The fourth-order valence-corrected chi connectivity index (χ4v) is 3.12. The van der Waals surface area contributed by atoms with Gasteiger partial charge in [-0.25, -0.2) is 4.79 Å². The molecule has 22 heavy (non-hydrogen) atoms. The van der Waals surface area contributed by atoms with Gasteiger partial charge in [0, 0.05) is 12.1 Å². The van der Waals surface area contributed by atoms with Gasteiger partial charge in [0.05, 0.1) is 13.4 Å². The number of likely N-dealkylation sites (tertiary alicyclic amines) is 1. The second kappa shape index (κ2) is 6.79. The van der Waals surface area contributed by atoms with Crippen LogP contribution in [-0.2, 0) is 11.3 Å². The van der Waals surface area contributed by atoms with Gasteiger partial charge in [-0.2, -0.15) is 0 Å². The van der Waals surface area contributed by atoms with Crippen molar-refractivity contribution in [2.75, 3.05) is 20.2 Å². The molecule has 0 amide bonds. The lowest BCUT2D eigenvalue weighted by atomic mass is 9.89. The highest BCUT2D eigenvalue weighted by Crippen LogP contribution is 2.28. The summed E-state index contributed by atoms with van der Waals surface area (Å²) in [7, 11) is 1.37. The van der Waals surface area contributed by atoms with Crippen molar-refractivity contribution in [1.29, 1.82) is 0 Å². The summed E-state index contributed by atoms with van der Waals surface area (Å²) in [4.78, 5) is 14.0. The van der Waals surface area contributed by atoms with Gasteiger partial charge in [0.15, 0.2) is 0 Å². The minimum atomic E-state index is -0.404. The van der Waals surface area contributed by atoms with Crippen LogP contribution in [0.5, 0.6) is 0 Å². The first-order valence-electron chi connectivity index (χ1n) is 7.70. The predicted molar refractivity (Wildman–Crippen MR) is 83.7 cm³/mol. The van der Waals surface area contributed by atoms with Gasteiger partial charge in [-0.1, -0.05) is 30.3 Å². The lowest BCUT2D eigenvalue weighted by molar-refractivity contribution is 0.0561. The Hall–Kier alpha value is -2.07. The van der Waals surface area contributed by atoms with Crippen LogP contribution in [0.1, 0.15) is 40.4 Å². The number of esters is 1. The summed E-state index contributed by atoms with van der Waals surface area (Å²) in [5, 5.41) is 0. The maximum Gasteiger partial charge on any atom is 0.374 e. The van der Waals surface area contributed by atoms with Crippen LogP contribution in [0, 0.1) is 0 Å². The molecular weight excluding hydrogens is 278 g/mol. The van der Waals surface area contributed by atoms with E-state index in [0.717, 1.165) is 38.0 Å². The molecule has 1 aromatic heterocycles. The highest BCUT2D eigenvalue weighted by molar-refractivity contribution is 5.87. The zero-order valence-corrected chi connectivity index (χ0v) is 12.8. The molecule has 0 bridgehead atoms. The fourth-order valence-electron chi connectivity index (χ4n) is 3.12. The minimum Gasteiger partial charge on any atom is -0.463 e. The number of methoxy groups -OCH3 is 1. The smallest absolute Gasteiger partial charge is 0.374 e. The highest BCUT2D eigenvalue weighted by atomic mass is 16.5. The van der Waals surface area contributed by atoms with Crippen molar-refractivity contribution in [2.24, 2.45) is 0 Å². The molecule has 3 rings (SSSR count). The largest absolute Gasteiger partial charge is 0.463 e. The third-order valence-corrected chi connectivity index (χ3v) is 4.37. The Morgan fingerprint density at radius 1 is 1.23 bits per heavy atom. The third-order valence-electron chi connectivity index (χ3n) is 4.37. The zero-order valence-electron chi connectivity index (χ0n) is 12.8. The standard InChI is InChI=1S/C18H21NO3/c1-21-18(20)17-16(9-12-22-17)13-19-10-7-15(8-11-19)14-5-3-2-4-6-14/h2-6,9,12,15H,7-8,10-11,13H2,1H3. The van der Waals surface area contributed by atoms with E-state index in [4.69, 9.17) is 9.15 Å². The maximum absolute atomic E-state index is 11.6. The molecule has 4 nitrogen and oxygen atoms in total. The van der Waals surface area contributed by atoms with E-state index in [9.17, 15) is 4.79 Å². The molecule has 0 N–H and O–H groups in total. The van der Waals surface area contributed by atoms with Gasteiger partial charge in [-0.3, -0.25) is 4.90 Å². The Kier molecular flexibility index (Phi) is 4.59. The van der Waals surface area contributed by atoms with Crippen LogP contribution in [0.2, 0.25) is 0 Å². The summed E-state index contributed by atoms with van der Waals surface area (Å²) in [6.07, 6.45) is 3.85. The van der Waals surface area contributed by atoms with Crippen molar-refractivity contribution < 1.29 is 13.9 Å². The van der Waals surface area contributed by atoms with E-state index in [1.54, 1.807) is 6.26 Å². The van der Waals surface area contributed by atoms with E-state index in [1.165, 1.54) is 12.7 Å². The van der Waals surface area contributed by atoms with Crippen molar-refractivity contribution in [3.8, 4) is 0 Å². The van der Waals surface area contributed by atoms with E-state index in [1.807, 2.05) is 6.07 Å². The molecule has 0 aliphatic carbocycles. The second-order valence-electron chi connectivity index (χ2n) is 5.73. The van der Waals surface area contributed by atoms with E-state index in [2.05, 4.69) is 35.2 Å². The Labute approximate surface area is 130 Å². The van der Waals surface area contributed by atoms with Gasteiger partial charge in [-0.05, 0) is 43.5 Å². The molecule has 1 fully saturated rings. The molecule has 0 saturated carbocycles. The number of carbonyl (C=O) groups is 1. The molecule has 0 spiro atoms. The number of carbonyl (C=O) groups excluding carboxylic acids is 1. The van der Waals surface area contributed by atoms with Crippen LogP contribution >= 0.6 is 0 Å². The second-order valence-corrected chi connectivity index (χ2v) is 5.73. The molecule has 0 atom stereocenters. The lowest BCUT2D eigenvalue weighted by Crippen LogP contribution is -2.32.